The number of ketones is 1. The van der Waals surface area contributed by atoms with Gasteiger partial charge in [-0.25, -0.2) is 9.59 Å². The van der Waals surface area contributed by atoms with Gasteiger partial charge < -0.3 is 35.0 Å². The Morgan fingerprint density at radius 3 is 2.19 bits per heavy atom. The molecule has 0 aliphatic carbocycles. The fraction of sp³-hybridized carbons (Fsp3) is 0.571. The molecule has 0 fully saturated rings. The Balaban J connectivity index is 0.00000131. The maximum Gasteiger partial charge on any atom is 0.414 e. The minimum atomic E-state index is -1.82. The van der Waals surface area contributed by atoms with E-state index in [0.717, 1.165) is 32.6 Å². The van der Waals surface area contributed by atoms with E-state index in [1.165, 1.54) is 14.0 Å². The first-order valence-corrected chi connectivity index (χ1v) is 10.0. The zero-order valence-electron chi connectivity index (χ0n) is 18.6. The summed E-state index contributed by atoms with van der Waals surface area (Å²) in [5, 5.41) is 28.1. The molecule has 10 heteroatoms. The number of benzene rings is 1. The lowest BCUT2D eigenvalue weighted by molar-refractivity contribution is -0.159. The molecule has 0 aliphatic heterocycles. The summed E-state index contributed by atoms with van der Waals surface area (Å²) >= 11 is 0. The molecular formula is C21H34N2O8. The molecule has 1 unspecified atom stereocenters. The molecule has 0 saturated heterocycles. The lowest BCUT2D eigenvalue weighted by Gasteiger charge is -2.18. The fourth-order valence-corrected chi connectivity index (χ4v) is 2.49. The number of aliphatic carboxylic acids is 2. The number of carboxylic acid groups (broad SMARTS) is 2. The molecular weight excluding hydrogens is 408 g/mol. The van der Waals surface area contributed by atoms with E-state index in [9.17, 15) is 9.90 Å². The Bertz CT molecular complexity index is 680. The van der Waals surface area contributed by atoms with Gasteiger partial charge in [0.2, 0.25) is 0 Å². The maximum absolute atomic E-state index is 11.4. The maximum atomic E-state index is 11.4. The van der Waals surface area contributed by atoms with Crippen molar-refractivity contribution < 1.29 is 39.2 Å². The van der Waals surface area contributed by atoms with Gasteiger partial charge in [0, 0.05) is 12.1 Å². The van der Waals surface area contributed by atoms with E-state index in [1.807, 2.05) is 0 Å². The van der Waals surface area contributed by atoms with Gasteiger partial charge >= 0.3 is 11.9 Å². The van der Waals surface area contributed by atoms with Gasteiger partial charge in [0.05, 0.1) is 7.11 Å². The second-order valence-corrected chi connectivity index (χ2v) is 6.58. The highest BCUT2D eigenvalue weighted by Crippen LogP contribution is 2.28. The average molecular weight is 443 g/mol. The van der Waals surface area contributed by atoms with Crippen molar-refractivity contribution in [2.45, 2.75) is 33.3 Å². The number of carboxylic acids is 2. The monoisotopic (exact) mass is 442 g/mol. The zero-order valence-corrected chi connectivity index (χ0v) is 18.6. The first-order valence-electron chi connectivity index (χ1n) is 10.0. The Kier molecular flexibility index (Phi) is 14.7. The first kappa shape index (κ1) is 28.3. The average Bonchev–Trinajstić information content (AvgIpc) is 2.74. The van der Waals surface area contributed by atoms with Gasteiger partial charge in [-0.3, -0.25) is 4.79 Å². The SMILES string of the molecule is CCN(CC)CCCNCC(O)COc1ccc(C(C)=O)cc1OC.O=C(O)C(=O)O. The van der Waals surface area contributed by atoms with Gasteiger partial charge in [-0.05, 0) is 57.7 Å². The van der Waals surface area contributed by atoms with Crippen LogP contribution in [-0.4, -0.2) is 90.5 Å². The highest BCUT2D eigenvalue weighted by molar-refractivity contribution is 6.27. The third-order valence-electron chi connectivity index (χ3n) is 4.29. The predicted molar refractivity (Wildman–Crippen MR) is 115 cm³/mol. The lowest BCUT2D eigenvalue weighted by Crippen LogP contribution is -2.33. The van der Waals surface area contributed by atoms with Gasteiger partial charge in [-0.15, -0.1) is 0 Å². The number of methoxy groups -OCH3 is 1. The summed E-state index contributed by atoms with van der Waals surface area (Å²) in [6.45, 7) is 10.5. The summed E-state index contributed by atoms with van der Waals surface area (Å²) in [5.41, 5.74) is 0.569. The largest absolute Gasteiger partial charge is 0.493 e. The van der Waals surface area contributed by atoms with Gasteiger partial charge in [0.25, 0.3) is 0 Å². The second kappa shape index (κ2) is 16.1. The highest BCUT2D eigenvalue weighted by atomic mass is 16.5. The number of carbonyl (C=O) groups is 3. The number of Topliss-reactive ketones (excluding diaryl/α,β-unsaturated/α-hetero) is 1. The third-order valence-corrected chi connectivity index (χ3v) is 4.29. The number of hydrogen-bond donors (Lipinski definition) is 4. The number of hydrogen-bond acceptors (Lipinski definition) is 8. The number of aliphatic hydroxyl groups is 1. The first-order chi connectivity index (χ1) is 14.7. The molecule has 176 valence electrons. The van der Waals surface area contributed by atoms with Gasteiger partial charge in [-0.2, -0.15) is 0 Å². The number of carbonyl (C=O) groups excluding carboxylic acids is 1. The van der Waals surface area contributed by atoms with Crippen molar-refractivity contribution in [2.24, 2.45) is 0 Å². The Hall–Kier alpha value is -2.69. The van der Waals surface area contributed by atoms with Crippen LogP contribution in [0.1, 0.15) is 37.6 Å². The van der Waals surface area contributed by atoms with Crippen LogP contribution in [0, 0.1) is 0 Å². The standard InChI is InChI=1S/C19H32N2O4.C2H2O4/c1-5-21(6-2)11-7-10-20-13-17(23)14-25-18-9-8-16(15(3)22)12-19(18)24-4;3-1(4)2(5)6/h8-9,12,17,20,23H,5-7,10-11,13-14H2,1-4H3;(H,3,4)(H,5,6). The molecule has 0 aliphatic rings. The van der Waals surface area contributed by atoms with Crippen LogP contribution in [0.25, 0.3) is 0 Å². The van der Waals surface area contributed by atoms with Crippen molar-refractivity contribution in [2.75, 3.05) is 46.4 Å². The van der Waals surface area contributed by atoms with E-state index >= 15 is 0 Å². The molecule has 10 nitrogen and oxygen atoms in total. The third kappa shape index (κ3) is 12.6. The second-order valence-electron chi connectivity index (χ2n) is 6.58. The minimum absolute atomic E-state index is 0.0289. The van der Waals surface area contributed by atoms with E-state index < -0.39 is 18.0 Å². The van der Waals surface area contributed by atoms with E-state index in [2.05, 4.69) is 24.1 Å². The quantitative estimate of drug-likeness (QED) is 0.199. The van der Waals surface area contributed by atoms with E-state index in [1.54, 1.807) is 18.2 Å². The molecule has 31 heavy (non-hydrogen) atoms. The molecule has 1 atom stereocenters. The lowest BCUT2D eigenvalue weighted by atomic mass is 10.1. The van der Waals surface area contributed by atoms with Crippen molar-refractivity contribution >= 4 is 17.7 Å². The minimum Gasteiger partial charge on any atom is -0.493 e. The fourth-order valence-electron chi connectivity index (χ4n) is 2.49. The molecule has 4 N–H and O–H groups in total. The molecule has 0 aromatic heterocycles. The highest BCUT2D eigenvalue weighted by Gasteiger charge is 2.11. The van der Waals surface area contributed by atoms with Gasteiger partial charge in [0.15, 0.2) is 17.3 Å². The van der Waals surface area contributed by atoms with Crippen molar-refractivity contribution in [3.05, 3.63) is 23.8 Å². The van der Waals surface area contributed by atoms with Crippen LogP contribution in [-0.2, 0) is 9.59 Å². The molecule has 0 saturated carbocycles. The summed E-state index contributed by atoms with van der Waals surface area (Å²) < 4.78 is 10.9. The van der Waals surface area contributed by atoms with Crippen molar-refractivity contribution in [3.8, 4) is 11.5 Å². The van der Waals surface area contributed by atoms with Crippen LogP contribution in [0.3, 0.4) is 0 Å². The van der Waals surface area contributed by atoms with E-state index in [-0.39, 0.29) is 12.4 Å². The van der Waals surface area contributed by atoms with Gasteiger partial charge in [0.1, 0.15) is 12.7 Å². The van der Waals surface area contributed by atoms with E-state index in [4.69, 9.17) is 29.3 Å². The van der Waals surface area contributed by atoms with Crippen molar-refractivity contribution in [3.63, 3.8) is 0 Å². The van der Waals surface area contributed by atoms with Crippen LogP contribution in [0.2, 0.25) is 0 Å². The molecule has 0 radical (unpaired) electrons. The van der Waals surface area contributed by atoms with Gasteiger partial charge in [-0.1, -0.05) is 13.8 Å². The normalized spacial score (nSPS) is 11.3. The summed E-state index contributed by atoms with van der Waals surface area (Å²) in [6.07, 6.45) is 0.445. The number of aliphatic hydroxyl groups excluding tert-OH is 1. The predicted octanol–water partition coefficient (Wildman–Crippen LogP) is 1.11. The smallest absolute Gasteiger partial charge is 0.414 e. The topological polar surface area (TPSA) is 146 Å². The zero-order chi connectivity index (χ0) is 23.8. The molecule has 0 bridgehead atoms. The molecule has 1 rings (SSSR count). The summed E-state index contributed by atoms with van der Waals surface area (Å²) in [4.78, 5) is 32.0. The molecule has 1 aromatic rings. The Morgan fingerprint density at radius 1 is 1.10 bits per heavy atom. The van der Waals surface area contributed by atoms with Crippen LogP contribution in [0.4, 0.5) is 0 Å². The van der Waals surface area contributed by atoms with Crippen LogP contribution >= 0.6 is 0 Å². The molecule has 0 heterocycles. The van der Waals surface area contributed by atoms with Crippen LogP contribution in [0.5, 0.6) is 11.5 Å². The Labute approximate surface area is 182 Å². The van der Waals surface area contributed by atoms with E-state index in [0.29, 0.717) is 23.6 Å². The number of rotatable bonds is 13. The summed E-state index contributed by atoms with van der Waals surface area (Å²) in [5.74, 6) is -2.66. The van der Waals surface area contributed by atoms with Crippen LogP contribution < -0.4 is 14.8 Å². The molecule has 1 aromatic carbocycles. The molecule has 0 spiro atoms. The van der Waals surface area contributed by atoms with Crippen molar-refractivity contribution in [1.29, 1.82) is 0 Å². The number of nitrogens with one attached hydrogen (secondary N) is 1. The Morgan fingerprint density at radius 2 is 1.71 bits per heavy atom. The van der Waals surface area contributed by atoms with Crippen LogP contribution in [0.15, 0.2) is 18.2 Å². The summed E-state index contributed by atoms with van der Waals surface area (Å²) in [7, 11) is 1.53. The molecule has 0 amide bonds. The van der Waals surface area contributed by atoms with Crippen molar-refractivity contribution in [1.82, 2.24) is 10.2 Å². The number of ether oxygens (including phenoxy) is 2. The summed E-state index contributed by atoms with van der Waals surface area (Å²) in [6, 6.07) is 5.04. The number of nitrogens with zero attached hydrogens (tertiary/aromatic N) is 1.